The van der Waals surface area contributed by atoms with Crippen molar-refractivity contribution in [1.29, 1.82) is 0 Å². The van der Waals surface area contributed by atoms with E-state index in [0.29, 0.717) is 34.5 Å². The van der Waals surface area contributed by atoms with E-state index in [4.69, 9.17) is 4.74 Å². The SMILES string of the molecule is CCOc1ccccc1NC(=O)Cn1cc(S(=O)(=O)Cc2cccc(F)c2)c2ccccc21. The summed E-state index contributed by atoms with van der Waals surface area (Å²) in [7, 11) is -3.78. The van der Waals surface area contributed by atoms with Crippen molar-refractivity contribution in [3.05, 3.63) is 90.4 Å². The van der Waals surface area contributed by atoms with Gasteiger partial charge in [-0.2, -0.15) is 0 Å². The molecule has 0 radical (unpaired) electrons. The van der Waals surface area contributed by atoms with Crippen LogP contribution in [0.3, 0.4) is 0 Å². The van der Waals surface area contributed by atoms with Gasteiger partial charge in [0.1, 0.15) is 18.1 Å². The first kappa shape index (κ1) is 22.5. The number of hydrogen-bond donors (Lipinski definition) is 1. The molecule has 1 amide bonds. The first-order chi connectivity index (χ1) is 15.9. The predicted octanol–water partition coefficient (Wildman–Crippen LogP) is 4.79. The number of hydrogen-bond acceptors (Lipinski definition) is 4. The van der Waals surface area contributed by atoms with Crippen LogP contribution in [-0.4, -0.2) is 25.5 Å². The van der Waals surface area contributed by atoms with Crippen molar-refractivity contribution in [3.8, 4) is 5.75 Å². The number of para-hydroxylation sites is 3. The van der Waals surface area contributed by atoms with Crippen LogP contribution in [-0.2, 0) is 26.9 Å². The number of sulfone groups is 1. The Balaban J connectivity index is 1.63. The number of nitrogens with zero attached hydrogens (tertiary/aromatic N) is 1. The monoisotopic (exact) mass is 466 g/mol. The van der Waals surface area contributed by atoms with E-state index < -0.39 is 15.7 Å². The van der Waals surface area contributed by atoms with Gasteiger partial charge in [0, 0.05) is 17.1 Å². The van der Waals surface area contributed by atoms with Gasteiger partial charge in [-0.3, -0.25) is 4.79 Å². The standard InChI is InChI=1S/C25H23FN2O4S/c1-2-32-23-13-6-4-11-21(23)27-25(29)16-28-15-24(20-10-3-5-12-22(20)28)33(30,31)17-18-8-7-9-19(26)14-18/h3-15H,2,16-17H2,1H3,(H,27,29). The summed E-state index contributed by atoms with van der Waals surface area (Å²) in [4.78, 5) is 12.9. The molecule has 0 fully saturated rings. The van der Waals surface area contributed by atoms with Crippen LogP contribution in [0.5, 0.6) is 5.75 Å². The minimum atomic E-state index is -3.78. The lowest BCUT2D eigenvalue weighted by atomic mass is 10.2. The molecule has 0 atom stereocenters. The summed E-state index contributed by atoms with van der Waals surface area (Å²) in [5, 5.41) is 3.34. The van der Waals surface area contributed by atoms with Gasteiger partial charge in [0.15, 0.2) is 9.84 Å². The van der Waals surface area contributed by atoms with Crippen LogP contribution < -0.4 is 10.1 Å². The largest absolute Gasteiger partial charge is 0.492 e. The predicted molar refractivity (Wildman–Crippen MR) is 125 cm³/mol. The van der Waals surface area contributed by atoms with Crippen molar-refractivity contribution in [1.82, 2.24) is 4.57 Å². The number of benzene rings is 3. The molecule has 33 heavy (non-hydrogen) atoms. The number of aromatic nitrogens is 1. The van der Waals surface area contributed by atoms with E-state index in [2.05, 4.69) is 5.32 Å². The molecular weight excluding hydrogens is 443 g/mol. The highest BCUT2D eigenvalue weighted by Gasteiger charge is 2.22. The molecular formula is C25H23FN2O4S. The number of amides is 1. The molecule has 0 aliphatic heterocycles. The van der Waals surface area contributed by atoms with Gasteiger partial charge in [-0.05, 0) is 42.8 Å². The second-order valence-corrected chi connectivity index (χ2v) is 9.46. The molecule has 1 N–H and O–H groups in total. The lowest BCUT2D eigenvalue weighted by Crippen LogP contribution is -2.18. The fourth-order valence-corrected chi connectivity index (χ4v) is 5.28. The van der Waals surface area contributed by atoms with Gasteiger partial charge in [-0.15, -0.1) is 0 Å². The van der Waals surface area contributed by atoms with Crippen LogP contribution in [0.1, 0.15) is 12.5 Å². The second kappa shape index (κ2) is 9.46. The molecule has 170 valence electrons. The maximum atomic E-state index is 13.5. The van der Waals surface area contributed by atoms with Crippen LogP contribution in [0, 0.1) is 5.82 Å². The summed E-state index contributed by atoms with van der Waals surface area (Å²) >= 11 is 0. The molecule has 0 aliphatic carbocycles. The summed E-state index contributed by atoms with van der Waals surface area (Å²) in [5.74, 6) is -0.595. The molecule has 0 saturated carbocycles. The number of carbonyl (C=O) groups is 1. The Morgan fingerprint density at radius 3 is 2.58 bits per heavy atom. The zero-order valence-electron chi connectivity index (χ0n) is 18.0. The van der Waals surface area contributed by atoms with Crippen LogP contribution in [0.15, 0.2) is 83.9 Å². The van der Waals surface area contributed by atoms with Crippen LogP contribution >= 0.6 is 0 Å². The first-order valence-electron chi connectivity index (χ1n) is 10.4. The Hall–Kier alpha value is -3.65. The normalized spacial score (nSPS) is 11.5. The smallest absolute Gasteiger partial charge is 0.244 e. The third-order valence-corrected chi connectivity index (χ3v) is 6.82. The fraction of sp³-hybridized carbons (Fsp3) is 0.160. The fourth-order valence-electron chi connectivity index (χ4n) is 3.71. The molecule has 6 nitrogen and oxygen atoms in total. The zero-order chi connectivity index (χ0) is 23.4. The molecule has 0 bridgehead atoms. The first-order valence-corrected chi connectivity index (χ1v) is 12.1. The Labute approximate surface area is 191 Å². The highest BCUT2D eigenvalue weighted by Crippen LogP contribution is 2.29. The van der Waals surface area contributed by atoms with Crippen molar-refractivity contribution in [2.75, 3.05) is 11.9 Å². The van der Waals surface area contributed by atoms with E-state index in [1.54, 1.807) is 53.1 Å². The minimum absolute atomic E-state index is 0.0868. The second-order valence-electron chi connectivity index (χ2n) is 7.50. The maximum Gasteiger partial charge on any atom is 0.244 e. The molecule has 0 spiro atoms. The van der Waals surface area contributed by atoms with Crippen LogP contribution in [0.4, 0.5) is 10.1 Å². The molecule has 4 aromatic rings. The third kappa shape index (κ3) is 5.06. The van der Waals surface area contributed by atoms with E-state index >= 15 is 0 Å². The molecule has 0 aliphatic rings. The van der Waals surface area contributed by atoms with Crippen molar-refractivity contribution >= 4 is 32.3 Å². The maximum absolute atomic E-state index is 13.5. The van der Waals surface area contributed by atoms with Crippen LogP contribution in [0.2, 0.25) is 0 Å². The Morgan fingerprint density at radius 2 is 1.79 bits per heavy atom. The van der Waals surface area contributed by atoms with E-state index in [0.717, 1.165) is 0 Å². The van der Waals surface area contributed by atoms with Crippen molar-refractivity contribution in [2.45, 2.75) is 24.1 Å². The average Bonchev–Trinajstić information content (AvgIpc) is 3.14. The van der Waals surface area contributed by atoms with Gasteiger partial charge in [-0.1, -0.05) is 42.5 Å². The molecule has 1 heterocycles. The van der Waals surface area contributed by atoms with Crippen molar-refractivity contribution in [3.63, 3.8) is 0 Å². The summed E-state index contributed by atoms with van der Waals surface area (Å²) < 4.78 is 47.1. The summed E-state index contributed by atoms with van der Waals surface area (Å²) in [6.45, 7) is 2.23. The number of rotatable bonds is 8. The van der Waals surface area contributed by atoms with Gasteiger partial charge >= 0.3 is 0 Å². The average molecular weight is 467 g/mol. The Bertz CT molecular complexity index is 1410. The van der Waals surface area contributed by atoms with Crippen molar-refractivity contribution < 1.29 is 22.3 Å². The summed E-state index contributed by atoms with van der Waals surface area (Å²) in [6.07, 6.45) is 1.47. The van der Waals surface area contributed by atoms with E-state index in [1.807, 2.05) is 13.0 Å². The Morgan fingerprint density at radius 1 is 1.03 bits per heavy atom. The minimum Gasteiger partial charge on any atom is -0.492 e. The molecule has 0 unspecified atom stereocenters. The highest BCUT2D eigenvalue weighted by atomic mass is 32.2. The molecule has 3 aromatic carbocycles. The lowest BCUT2D eigenvalue weighted by molar-refractivity contribution is -0.116. The van der Waals surface area contributed by atoms with Gasteiger partial charge in [0.05, 0.1) is 22.9 Å². The van der Waals surface area contributed by atoms with E-state index in [-0.39, 0.29) is 23.1 Å². The van der Waals surface area contributed by atoms with Gasteiger partial charge in [0.25, 0.3) is 0 Å². The number of carbonyl (C=O) groups excluding carboxylic acids is 1. The van der Waals surface area contributed by atoms with Crippen molar-refractivity contribution in [2.24, 2.45) is 0 Å². The third-order valence-electron chi connectivity index (χ3n) is 5.11. The van der Waals surface area contributed by atoms with Gasteiger partial charge in [0.2, 0.25) is 5.91 Å². The van der Waals surface area contributed by atoms with Crippen LogP contribution in [0.25, 0.3) is 10.9 Å². The number of halogens is 1. The number of ether oxygens (including phenoxy) is 1. The lowest BCUT2D eigenvalue weighted by Gasteiger charge is -2.12. The molecule has 1 aromatic heterocycles. The summed E-state index contributed by atoms with van der Waals surface area (Å²) in [6, 6.07) is 19.6. The number of anilines is 1. The number of fused-ring (bicyclic) bond motifs is 1. The molecule has 8 heteroatoms. The van der Waals surface area contributed by atoms with Gasteiger partial charge < -0.3 is 14.6 Å². The quantitative estimate of drug-likeness (QED) is 0.405. The molecule has 4 rings (SSSR count). The Kier molecular flexibility index (Phi) is 6.46. The van der Waals surface area contributed by atoms with E-state index in [1.165, 1.54) is 24.4 Å². The topological polar surface area (TPSA) is 77.4 Å². The van der Waals surface area contributed by atoms with E-state index in [9.17, 15) is 17.6 Å². The zero-order valence-corrected chi connectivity index (χ0v) is 18.8. The van der Waals surface area contributed by atoms with Gasteiger partial charge in [-0.25, -0.2) is 12.8 Å². The molecule has 0 saturated heterocycles. The summed E-state index contributed by atoms with van der Waals surface area (Å²) in [5.41, 5.74) is 1.51. The highest BCUT2D eigenvalue weighted by molar-refractivity contribution is 7.90. The number of nitrogens with one attached hydrogen (secondary N) is 1.